The lowest BCUT2D eigenvalue weighted by Gasteiger charge is -2.19. The van der Waals surface area contributed by atoms with Gasteiger partial charge in [-0.1, -0.05) is 18.2 Å². The molecule has 0 saturated carbocycles. The van der Waals surface area contributed by atoms with Crippen molar-refractivity contribution in [1.29, 1.82) is 0 Å². The molecule has 0 bridgehead atoms. The third-order valence-corrected chi connectivity index (χ3v) is 2.65. The highest BCUT2D eigenvalue weighted by atomic mass is 19.1. The van der Waals surface area contributed by atoms with Crippen LogP contribution in [0.1, 0.15) is 32.2 Å². The van der Waals surface area contributed by atoms with E-state index in [2.05, 4.69) is 36.2 Å². The van der Waals surface area contributed by atoms with Gasteiger partial charge in [-0.05, 0) is 26.8 Å². The van der Waals surface area contributed by atoms with Crippen molar-refractivity contribution >= 4 is 0 Å². The first kappa shape index (κ1) is 13.7. The first-order valence-electron chi connectivity index (χ1n) is 6.31. The van der Waals surface area contributed by atoms with Gasteiger partial charge in [0.1, 0.15) is 12.1 Å². The number of rotatable bonds is 4. The quantitative estimate of drug-likeness (QED) is 0.919. The van der Waals surface area contributed by atoms with Gasteiger partial charge in [0.05, 0.1) is 13.1 Å². The van der Waals surface area contributed by atoms with E-state index in [1.165, 1.54) is 6.07 Å². The average Bonchev–Trinajstić information content (AvgIpc) is 2.77. The summed E-state index contributed by atoms with van der Waals surface area (Å²) < 4.78 is 15.2. The Morgan fingerprint density at radius 1 is 1.26 bits per heavy atom. The first-order chi connectivity index (χ1) is 8.94. The number of nitrogens with zero attached hydrogens (tertiary/aromatic N) is 3. The van der Waals surface area contributed by atoms with Crippen LogP contribution in [-0.2, 0) is 13.1 Å². The van der Waals surface area contributed by atoms with E-state index in [1.54, 1.807) is 23.1 Å². The van der Waals surface area contributed by atoms with Gasteiger partial charge in [0, 0.05) is 11.1 Å². The van der Waals surface area contributed by atoms with Crippen LogP contribution in [0, 0.1) is 5.82 Å². The molecule has 0 aliphatic heterocycles. The summed E-state index contributed by atoms with van der Waals surface area (Å²) in [5.41, 5.74) is 0.638. The van der Waals surface area contributed by atoms with Crippen molar-refractivity contribution < 1.29 is 4.39 Å². The Kier molecular flexibility index (Phi) is 3.95. The van der Waals surface area contributed by atoms with Crippen molar-refractivity contribution in [1.82, 2.24) is 20.1 Å². The molecular formula is C14H19FN4. The minimum Gasteiger partial charge on any atom is -0.305 e. The summed E-state index contributed by atoms with van der Waals surface area (Å²) in [6.07, 6.45) is 1.63. The minimum atomic E-state index is -0.215. The molecule has 0 saturated heterocycles. The van der Waals surface area contributed by atoms with E-state index >= 15 is 0 Å². The second kappa shape index (κ2) is 5.48. The van der Waals surface area contributed by atoms with Gasteiger partial charge in [0.15, 0.2) is 5.82 Å². The van der Waals surface area contributed by atoms with Crippen LogP contribution < -0.4 is 5.32 Å². The van der Waals surface area contributed by atoms with E-state index in [4.69, 9.17) is 0 Å². The lowest BCUT2D eigenvalue weighted by atomic mass is 10.1. The molecule has 0 radical (unpaired) electrons. The number of hydrogen-bond acceptors (Lipinski definition) is 3. The number of hydrogen-bond donors (Lipinski definition) is 1. The summed E-state index contributed by atoms with van der Waals surface area (Å²) >= 11 is 0. The predicted molar refractivity (Wildman–Crippen MR) is 72.1 cm³/mol. The van der Waals surface area contributed by atoms with E-state index in [9.17, 15) is 4.39 Å². The number of aromatic nitrogens is 3. The van der Waals surface area contributed by atoms with Gasteiger partial charge in [0.25, 0.3) is 0 Å². The fraction of sp³-hybridized carbons (Fsp3) is 0.429. The van der Waals surface area contributed by atoms with Crippen molar-refractivity contribution in [3.05, 3.63) is 47.8 Å². The predicted octanol–water partition coefficient (Wildman–Crippen LogP) is 2.35. The molecule has 102 valence electrons. The molecular weight excluding hydrogens is 243 g/mol. The molecule has 0 atom stereocenters. The van der Waals surface area contributed by atoms with Gasteiger partial charge in [-0.2, -0.15) is 5.10 Å². The summed E-state index contributed by atoms with van der Waals surface area (Å²) in [5.74, 6) is 0.499. The van der Waals surface area contributed by atoms with Gasteiger partial charge in [0.2, 0.25) is 0 Å². The van der Waals surface area contributed by atoms with Crippen LogP contribution in [0.2, 0.25) is 0 Å². The fourth-order valence-electron chi connectivity index (χ4n) is 1.64. The third kappa shape index (κ3) is 4.13. The normalized spacial score (nSPS) is 11.8. The molecule has 5 heteroatoms. The molecule has 19 heavy (non-hydrogen) atoms. The molecule has 0 amide bonds. The van der Waals surface area contributed by atoms with E-state index in [1.807, 2.05) is 6.07 Å². The van der Waals surface area contributed by atoms with Crippen LogP contribution in [-0.4, -0.2) is 20.3 Å². The maximum atomic E-state index is 13.5. The van der Waals surface area contributed by atoms with E-state index in [-0.39, 0.29) is 11.4 Å². The summed E-state index contributed by atoms with van der Waals surface area (Å²) in [4.78, 5) is 4.21. The maximum absolute atomic E-state index is 13.5. The smallest absolute Gasteiger partial charge is 0.164 e. The zero-order valence-electron chi connectivity index (χ0n) is 11.5. The number of nitrogens with one attached hydrogen (secondary N) is 1. The van der Waals surface area contributed by atoms with Crippen LogP contribution in [0.3, 0.4) is 0 Å². The molecule has 1 aromatic heterocycles. The van der Waals surface area contributed by atoms with Crippen LogP contribution in [0.15, 0.2) is 30.6 Å². The Balaban J connectivity index is 2.00. The highest BCUT2D eigenvalue weighted by Gasteiger charge is 2.10. The Morgan fingerprint density at radius 3 is 2.68 bits per heavy atom. The van der Waals surface area contributed by atoms with Crippen LogP contribution in [0.5, 0.6) is 0 Å². The monoisotopic (exact) mass is 262 g/mol. The van der Waals surface area contributed by atoms with Crippen LogP contribution >= 0.6 is 0 Å². The largest absolute Gasteiger partial charge is 0.305 e. The summed E-state index contributed by atoms with van der Waals surface area (Å²) in [6, 6.07) is 6.70. The number of benzene rings is 1. The van der Waals surface area contributed by atoms with Gasteiger partial charge in [-0.15, -0.1) is 0 Å². The zero-order valence-corrected chi connectivity index (χ0v) is 11.5. The lowest BCUT2D eigenvalue weighted by molar-refractivity contribution is 0.417. The Labute approximate surface area is 112 Å². The molecule has 1 aromatic carbocycles. The first-order valence-corrected chi connectivity index (χ1v) is 6.31. The lowest BCUT2D eigenvalue weighted by Crippen LogP contribution is -2.35. The molecule has 0 aliphatic rings. The average molecular weight is 262 g/mol. The van der Waals surface area contributed by atoms with E-state index in [0.717, 1.165) is 0 Å². The second-order valence-corrected chi connectivity index (χ2v) is 5.55. The molecule has 1 N–H and O–H groups in total. The summed E-state index contributed by atoms with van der Waals surface area (Å²) in [6.45, 7) is 7.26. The van der Waals surface area contributed by atoms with Gasteiger partial charge in [-0.3, -0.25) is 0 Å². The molecule has 2 rings (SSSR count). The van der Waals surface area contributed by atoms with Gasteiger partial charge < -0.3 is 5.32 Å². The van der Waals surface area contributed by atoms with E-state index < -0.39 is 0 Å². The molecule has 0 fully saturated rings. The van der Waals surface area contributed by atoms with Crippen molar-refractivity contribution in [3.63, 3.8) is 0 Å². The fourth-order valence-corrected chi connectivity index (χ4v) is 1.64. The van der Waals surface area contributed by atoms with Crippen molar-refractivity contribution in [2.24, 2.45) is 0 Å². The van der Waals surface area contributed by atoms with Gasteiger partial charge in [-0.25, -0.2) is 14.1 Å². The molecule has 0 spiro atoms. The SMILES string of the molecule is CC(C)(C)NCc1ncn(Cc2ccccc2F)n1. The van der Waals surface area contributed by atoms with Crippen molar-refractivity contribution in [2.45, 2.75) is 39.4 Å². The maximum Gasteiger partial charge on any atom is 0.164 e. The van der Waals surface area contributed by atoms with Crippen molar-refractivity contribution in [3.8, 4) is 0 Å². The molecule has 0 aliphatic carbocycles. The third-order valence-electron chi connectivity index (χ3n) is 2.65. The highest BCUT2D eigenvalue weighted by molar-refractivity contribution is 5.17. The highest BCUT2D eigenvalue weighted by Crippen LogP contribution is 2.08. The molecule has 4 nitrogen and oxygen atoms in total. The molecule has 2 aromatic rings. The molecule has 1 heterocycles. The van der Waals surface area contributed by atoms with Crippen LogP contribution in [0.4, 0.5) is 4.39 Å². The summed E-state index contributed by atoms with van der Waals surface area (Å²) in [7, 11) is 0. The van der Waals surface area contributed by atoms with Gasteiger partial charge >= 0.3 is 0 Å². The Morgan fingerprint density at radius 2 is 2.00 bits per heavy atom. The van der Waals surface area contributed by atoms with Crippen molar-refractivity contribution in [2.75, 3.05) is 0 Å². The van der Waals surface area contributed by atoms with E-state index in [0.29, 0.717) is 24.5 Å². The number of halogens is 1. The Hall–Kier alpha value is -1.75. The molecule has 0 unspecified atom stereocenters. The Bertz CT molecular complexity index is 542. The second-order valence-electron chi connectivity index (χ2n) is 5.55. The minimum absolute atomic E-state index is 0.0248. The summed E-state index contributed by atoms with van der Waals surface area (Å²) in [5, 5.41) is 7.64. The standard InChI is InChI=1S/C14H19FN4/c1-14(2,3)17-8-13-16-10-19(18-13)9-11-6-4-5-7-12(11)15/h4-7,10,17H,8-9H2,1-3H3. The van der Waals surface area contributed by atoms with Crippen LogP contribution in [0.25, 0.3) is 0 Å². The topological polar surface area (TPSA) is 42.7 Å². The zero-order chi connectivity index (χ0) is 13.9.